The predicted molar refractivity (Wildman–Crippen MR) is 91.0 cm³/mol. The van der Waals surface area contributed by atoms with Crippen molar-refractivity contribution in [3.05, 3.63) is 47.3 Å². The van der Waals surface area contributed by atoms with E-state index in [2.05, 4.69) is 4.98 Å². The van der Waals surface area contributed by atoms with Gasteiger partial charge in [-0.15, -0.1) is 0 Å². The number of rotatable bonds is 8. The summed E-state index contributed by atoms with van der Waals surface area (Å²) in [5.41, 5.74) is 0.540. The molecule has 26 heavy (non-hydrogen) atoms. The first-order valence-corrected chi connectivity index (χ1v) is 7.74. The SMILES string of the molecule is CCOC(=O)c1cnc(C(=O)O)c(OCc2ccc(OC)c(OC)c2)c1. The van der Waals surface area contributed by atoms with E-state index in [1.54, 1.807) is 25.1 Å². The zero-order chi connectivity index (χ0) is 19.1. The Balaban J connectivity index is 2.25. The summed E-state index contributed by atoms with van der Waals surface area (Å²) < 4.78 is 20.9. The maximum Gasteiger partial charge on any atom is 0.358 e. The normalized spacial score (nSPS) is 10.1. The number of nitrogens with zero attached hydrogens (tertiary/aromatic N) is 1. The summed E-state index contributed by atoms with van der Waals surface area (Å²) >= 11 is 0. The van der Waals surface area contributed by atoms with Gasteiger partial charge in [-0.2, -0.15) is 0 Å². The molecule has 8 nitrogen and oxygen atoms in total. The smallest absolute Gasteiger partial charge is 0.358 e. The monoisotopic (exact) mass is 361 g/mol. The summed E-state index contributed by atoms with van der Waals surface area (Å²) in [7, 11) is 3.04. The van der Waals surface area contributed by atoms with Gasteiger partial charge < -0.3 is 24.1 Å². The van der Waals surface area contributed by atoms with Crippen molar-refractivity contribution in [1.82, 2.24) is 4.98 Å². The van der Waals surface area contributed by atoms with Crippen molar-refractivity contribution in [3.63, 3.8) is 0 Å². The minimum absolute atomic E-state index is 0.0298. The second kappa shape index (κ2) is 8.70. The van der Waals surface area contributed by atoms with Gasteiger partial charge in [0.25, 0.3) is 0 Å². The average molecular weight is 361 g/mol. The Morgan fingerprint density at radius 2 is 1.81 bits per heavy atom. The van der Waals surface area contributed by atoms with Crippen LogP contribution >= 0.6 is 0 Å². The lowest BCUT2D eigenvalue weighted by Crippen LogP contribution is -2.10. The predicted octanol–water partition coefficient (Wildman–Crippen LogP) is 2.55. The second-order valence-electron chi connectivity index (χ2n) is 5.07. The van der Waals surface area contributed by atoms with E-state index >= 15 is 0 Å². The highest BCUT2D eigenvalue weighted by Crippen LogP contribution is 2.28. The van der Waals surface area contributed by atoms with Crippen LogP contribution in [-0.2, 0) is 11.3 Å². The molecule has 0 saturated carbocycles. The van der Waals surface area contributed by atoms with E-state index in [4.69, 9.17) is 18.9 Å². The van der Waals surface area contributed by atoms with E-state index in [1.165, 1.54) is 20.3 Å². The van der Waals surface area contributed by atoms with Crippen LogP contribution in [0.3, 0.4) is 0 Å². The molecule has 0 unspecified atom stereocenters. The molecule has 1 aromatic heterocycles. The van der Waals surface area contributed by atoms with E-state index in [-0.39, 0.29) is 30.2 Å². The highest BCUT2D eigenvalue weighted by Gasteiger charge is 2.18. The van der Waals surface area contributed by atoms with E-state index in [1.807, 2.05) is 0 Å². The van der Waals surface area contributed by atoms with Gasteiger partial charge >= 0.3 is 11.9 Å². The Labute approximate surface area is 150 Å². The van der Waals surface area contributed by atoms with Crippen LogP contribution in [0.15, 0.2) is 30.5 Å². The van der Waals surface area contributed by atoms with E-state index < -0.39 is 11.9 Å². The molecule has 0 amide bonds. The molecule has 0 saturated heterocycles. The number of carboxylic acid groups (broad SMARTS) is 1. The Kier molecular flexibility index (Phi) is 6.37. The molecule has 1 heterocycles. The van der Waals surface area contributed by atoms with Crippen molar-refractivity contribution in [2.24, 2.45) is 0 Å². The molecule has 0 aliphatic heterocycles. The fraction of sp³-hybridized carbons (Fsp3) is 0.278. The molecule has 1 N–H and O–H groups in total. The van der Waals surface area contributed by atoms with Crippen molar-refractivity contribution >= 4 is 11.9 Å². The Morgan fingerprint density at radius 3 is 2.42 bits per heavy atom. The molecule has 0 bridgehead atoms. The first-order valence-electron chi connectivity index (χ1n) is 7.74. The highest BCUT2D eigenvalue weighted by molar-refractivity contribution is 5.93. The maximum atomic E-state index is 11.8. The Bertz CT molecular complexity index is 804. The number of aromatic nitrogens is 1. The number of aromatic carboxylic acids is 1. The molecular weight excluding hydrogens is 342 g/mol. The third-order valence-electron chi connectivity index (χ3n) is 3.41. The quantitative estimate of drug-likeness (QED) is 0.715. The van der Waals surface area contributed by atoms with Gasteiger partial charge in [0.05, 0.1) is 26.4 Å². The number of pyridine rings is 1. The van der Waals surface area contributed by atoms with Crippen LogP contribution in [0.25, 0.3) is 0 Å². The molecule has 138 valence electrons. The zero-order valence-corrected chi connectivity index (χ0v) is 14.6. The van der Waals surface area contributed by atoms with Gasteiger partial charge in [0, 0.05) is 6.20 Å². The van der Waals surface area contributed by atoms with Gasteiger partial charge in [-0.25, -0.2) is 14.6 Å². The number of esters is 1. The van der Waals surface area contributed by atoms with Gasteiger partial charge in [0.2, 0.25) is 0 Å². The van der Waals surface area contributed by atoms with Crippen LogP contribution in [0.2, 0.25) is 0 Å². The Morgan fingerprint density at radius 1 is 1.08 bits per heavy atom. The first kappa shape index (κ1) is 19.0. The molecule has 8 heteroatoms. The second-order valence-corrected chi connectivity index (χ2v) is 5.07. The minimum Gasteiger partial charge on any atom is -0.493 e. The first-order chi connectivity index (χ1) is 12.5. The molecule has 0 spiro atoms. The average Bonchev–Trinajstić information content (AvgIpc) is 2.65. The lowest BCUT2D eigenvalue weighted by atomic mass is 10.2. The van der Waals surface area contributed by atoms with Gasteiger partial charge in [-0.3, -0.25) is 0 Å². The fourth-order valence-corrected chi connectivity index (χ4v) is 2.17. The lowest BCUT2D eigenvalue weighted by molar-refractivity contribution is 0.0523. The third-order valence-corrected chi connectivity index (χ3v) is 3.41. The molecular formula is C18H19NO7. The van der Waals surface area contributed by atoms with E-state index in [0.29, 0.717) is 11.5 Å². The number of hydrogen-bond acceptors (Lipinski definition) is 7. The van der Waals surface area contributed by atoms with Crippen molar-refractivity contribution in [2.75, 3.05) is 20.8 Å². The van der Waals surface area contributed by atoms with E-state index in [9.17, 15) is 14.7 Å². The fourth-order valence-electron chi connectivity index (χ4n) is 2.17. The number of hydrogen-bond donors (Lipinski definition) is 1. The largest absolute Gasteiger partial charge is 0.493 e. The summed E-state index contributed by atoms with van der Waals surface area (Å²) in [4.78, 5) is 26.9. The molecule has 2 aromatic rings. The van der Waals surface area contributed by atoms with E-state index in [0.717, 1.165) is 11.8 Å². The maximum absolute atomic E-state index is 11.8. The molecule has 0 radical (unpaired) electrons. The number of carbonyl (C=O) groups excluding carboxylic acids is 1. The summed E-state index contributed by atoms with van der Waals surface area (Å²) in [6, 6.07) is 6.48. The van der Waals surface area contributed by atoms with Gasteiger partial charge in [0.15, 0.2) is 22.9 Å². The highest BCUT2D eigenvalue weighted by atomic mass is 16.5. The molecule has 1 aromatic carbocycles. The molecule has 2 rings (SSSR count). The van der Waals surface area contributed by atoms with Crippen LogP contribution in [0, 0.1) is 0 Å². The van der Waals surface area contributed by atoms with Crippen LogP contribution in [0.1, 0.15) is 33.3 Å². The molecule has 0 fully saturated rings. The van der Waals surface area contributed by atoms with Crippen LogP contribution in [0.5, 0.6) is 17.2 Å². The number of carboxylic acids is 1. The summed E-state index contributed by atoms with van der Waals surface area (Å²) in [5.74, 6) is -0.813. The minimum atomic E-state index is -1.26. The van der Waals surface area contributed by atoms with Crippen LogP contribution in [-0.4, -0.2) is 42.9 Å². The number of ether oxygens (including phenoxy) is 4. The lowest BCUT2D eigenvalue weighted by Gasteiger charge is -2.12. The third kappa shape index (κ3) is 4.41. The van der Waals surface area contributed by atoms with Crippen LogP contribution in [0.4, 0.5) is 0 Å². The standard InChI is InChI=1S/C18H19NO7/c1-4-25-18(22)12-8-15(16(17(20)21)19-9-12)26-10-11-5-6-13(23-2)14(7-11)24-3/h5-9H,4,10H2,1-3H3,(H,20,21). The zero-order valence-electron chi connectivity index (χ0n) is 14.6. The number of carbonyl (C=O) groups is 2. The molecule has 0 atom stereocenters. The summed E-state index contributed by atoms with van der Waals surface area (Å²) in [6.45, 7) is 1.92. The van der Waals surface area contributed by atoms with Crippen molar-refractivity contribution in [3.8, 4) is 17.2 Å². The van der Waals surface area contributed by atoms with Gasteiger partial charge in [-0.1, -0.05) is 6.07 Å². The Hall–Kier alpha value is -3.29. The molecule has 0 aliphatic rings. The van der Waals surface area contributed by atoms with Crippen molar-refractivity contribution in [1.29, 1.82) is 0 Å². The van der Waals surface area contributed by atoms with Crippen molar-refractivity contribution < 1.29 is 33.6 Å². The molecule has 0 aliphatic carbocycles. The van der Waals surface area contributed by atoms with Gasteiger partial charge in [0.1, 0.15) is 6.61 Å². The van der Waals surface area contributed by atoms with Crippen molar-refractivity contribution in [2.45, 2.75) is 13.5 Å². The summed E-state index contributed by atoms with van der Waals surface area (Å²) in [6.07, 6.45) is 1.14. The summed E-state index contributed by atoms with van der Waals surface area (Å²) in [5, 5.41) is 9.25. The number of methoxy groups -OCH3 is 2. The number of benzene rings is 1. The van der Waals surface area contributed by atoms with Gasteiger partial charge in [-0.05, 0) is 30.7 Å². The van der Waals surface area contributed by atoms with Crippen LogP contribution < -0.4 is 14.2 Å². The topological polar surface area (TPSA) is 104 Å².